The predicted octanol–water partition coefficient (Wildman–Crippen LogP) is -1.62. The smallest absolute Gasteiger partial charge is 0.325 e. The number of nitrogens with one attached hydrogen (secondary N) is 1. The molecule has 8 nitrogen and oxygen atoms in total. The lowest BCUT2D eigenvalue weighted by Crippen LogP contribution is -2.63. The number of likely N-dealkylation sites (N-methyl/N-ethyl adjacent to an activating group) is 2. The van der Waals surface area contributed by atoms with E-state index < -0.39 is 24.1 Å². The fraction of sp³-hybridized carbons (Fsp3) is 0.556. The molecule has 2 unspecified atom stereocenters. The van der Waals surface area contributed by atoms with Crippen molar-refractivity contribution in [2.24, 2.45) is 10.7 Å². The highest BCUT2D eigenvalue weighted by Gasteiger charge is 2.47. The van der Waals surface area contributed by atoms with Crippen LogP contribution in [0.4, 0.5) is 4.79 Å². The summed E-state index contributed by atoms with van der Waals surface area (Å²) in [6, 6.07) is -1.03. The lowest BCUT2D eigenvalue weighted by Gasteiger charge is -2.34. The lowest BCUT2D eigenvalue weighted by atomic mass is 10.1. The number of nitrogens with zero attached hydrogens (tertiary/aromatic N) is 3. The number of imide groups is 1. The van der Waals surface area contributed by atoms with Gasteiger partial charge in [-0.25, -0.2) is 9.79 Å². The van der Waals surface area contributed by atoms with Crippen molar-refractivity contribution >= 4 is 34.8 Å². The number of carbonyl (C=O) groups is 3. The minimum Gasteiger partial charge on any atom is -0.369 e. The maximum absolute atomic E-state index is 11.8. The fourth-order valence-electron chi connectivity index (χ4n) is 1.87. The molecule has 0 aromatic rings. The van der Waals surface area contributed by atoms with Crippen molar-refractivity contribution in [1.82, 2.24) is 15.1 Å². The van der Waals surface area contributed by atoms with E-state index in [1.807, 2.05) is 0 Å². The van der Waals surface area contributed by atoms with E-state index in [2.05, 4.69) is 10.3 Å². The standard InChI is InChI=1S/C9H13N5O3S/c1-13-5-6(11-9(13)18-3-4(10)15)14(2)8(17)12-7(5)16/h5-6H,3H2,1-2H3,(H2,10,15)(H,12,16,17). The zero-order chi connectivity index (χ0) is 13.4. The van der Waals surface area contributed by atoms with Crippen molar-refractivity contribution in [2.75, 3.05) is 19.8 Å². The molecule has 2 atom stereocenters. The third-order valence-electron chi connectivity index (χ3n) is 2.80. The zero-order valence-corrected chi connectivity index (χ0v) is 10.7. The average molecular weight is 271 g/mol. The summed E-state index contributed by atoms with van der Waals surface area (Å²) < 4.78 is 0. The number of urea groups is 1. The van der Waals surface area contributed by atoms with Crippen LogP contribution < -0.4 is 11.1 Å². The molecule has 18 heavy (non-hydrogen) atoms. The third kappa shape index (κ3) is 2.01. The molecule has 0 aromatic heterocycles. The number of carbonyl (C=O) groups excluding carboxylic acids is 3. The number of primary amides is 1. The first-order valence-corrected chi connectivity index (χ1v) is 6.19. The molecular formula is C9H13N5O3S. The van der Waals surface area contributed by atoms with Crippen LogP contribution in [0, 0.1) is 0 Å². The van der Waals surface area contributed by atoms with Gasteiger partial charge in [0.15, 0.2) is 17.4 Å². The van der Waals surface area contributed by atoms with Crippen molar-refractivity contribution in [3.8, 4) is 0 Å². The molecule has 0 radical (unpaired) electrons. The summed E-state index contributed by atoms with van der Waals surface area (Å²) in [5, 5.41) is 2.78. The van der Waals surface area contributed by atoms with Gasteiger partial charge >= 0.3 is 6.03 Å². The Hall–Kier alpha value is -1.77. The number of fused-ring (bicyclic) bond motifs is 1. The van der Waals surface area contributed by atoms with E-state index >= 15 is 0 Å². The highest BCUT2D eigenvalue weighted by atomic mass is 32.2. The quantitative estimate of drug-likeness (QED) is 0.627. The van der Waals surface area contributed by atoms with Crippen LogP contribution in [-0.4, -0.2) is 64.9 Å². The summed E-state index contributed by atoms with van der Waals surface area (Å²) in [6.45, 7) is 0. The molecule has 0 spiro atoms. The number of hydrogen-bond donors (Lipinski definition) is 2. The van der Waals surface area contributed by atoms with E-state index in [0.717, 1.165) is 11.8 Å². The Labute approximate surface area is 108 Å². The summed E-state index contributed by atoms with van der Waals surface area (Å²) in [5.41, 5.74) is 5.06. The van der Waals surface area contributed by atoms with Gasteiger partial charge in [0.2, 0.25) is 5.91 Å². The monoisotopic (exact) mass is 271 g/mol. The molecule has 4 amide bonds. The second kappa shape index (κ2) is 4.48. The molecule has 0 bridgehead atoms. The summed E-state index contributed by atoms with van der Waals surface area (Å²) in [4.78, 5) is 41.2. The van der Waals surface area contributed by atoms with E-state index in [1.54, 1.807) is 19.0 Å². The van der Waals surface area contributed by atoms with Crippen LogP contribution in [0.15, 0.2) is 4.99 Å². The number of hydrogen-bond acceptors (Lipinski definition) is 6. The maximum Gasteiger partial charge on any atom is 0.325 e. The van der Waals surface area contributed by atoms with Gasteiger partial charge in [-0.3, -0.25) is 14.9 Å². The van der Waals surface area contributed by atoms with Gasteiger partial charge in [-0.05, 0) is 0 Å². The van der Waals surface area contributed by atoms with Gasteiger partial charge in [0, 0.05) is 14.1 Å². The number of rotatable bonds is 2. The van der Waals surface area contributed by atoms with E-state index in [4.69, 9.17) is 5.73 Å². The molecule has 1 saturated heterocycles. The summed E-state index contributed by atoms with van der Waals surface area (Å²) in [5.74, 6) is -0.758. The molecular weight excluding hydrogens is 258 g/mol. The topological polar surface area (TPSA) is 108 Å². The van der Waals surface area contributed by atoms with Crippen LogP contribution in [0.2, 0.25) is 0 Å². The van der Waals surface area contributed by atoms with Gasteiger partial charge in [0.25, 0.3) is 5.91 Å². The minimum atomic E-state index is -0.553. The van der Waals surface area contributed by atoms with E-state index in [9.17, 15) is 14.4 Å². The highest BCUT2D eigenvalue weighted by Crippen LogP contribution is 2.26. The van der Waals surface area contributed by atoms with Gasteiger partial charge in [0.05, 0.1) is 5.75 Å². The lowest BCUT2D eigenvalue weighted by molar-refractivity contribution is -0.126. The molecule has 2 aliphatic heterocycles. The van der Waals surface area contributed by atoms with Gasteiger partial charge in [-0.15, -0.1) is 0 Å². The van der Waals surface area contributed by atoms with E-state index in [0.29, 0.717) is 5.17 Å². The SMILES string of the molecule is CN1C(=O)NC(=O)C2C1N=C(SCC(N)=O)N2C. The number of thioether (sulfide) groups is 1. The van der Waals surface area contributed by atoms with Crippen LogP contribution in [0.3, 0.4) is 0 Å². The molecule has 2 rings (SSSR count). The third-order valence-corrected chi connectivity index (χ3v) is 3.88. The molecule has 98 valence electrons. The molecule has 3 N–H and O–H groups in total. The summed E-state index contributed by atoms with van der Waals surface area (Å²) >= 11 is 1.15. The molecule has 9 heteroatoms. The van der Waals surface area contributed by atoms with E-state index in [-0.39, 0.29) is 11.7 Å². The van der Waals surface area contributed by atoms with Crippen LogP contribution in [0.25, 0.3) is 0 Å². The van der Waals surface area contributed by atoms with Crippen LogP contribution in [0.5, 0.6) is 0 Å². The Morgan fingerprint density at radius 3 is 2.72 bits per heavy atom. The Morgan fingerprint density at radius 2 is 2.11 bits per heavy atom. The molecule has 1 fully saturated rings. The Bertz CT molecular complexity index is 451. The van der Waals surface area contributed by atoms with Gasteiger partial charge in [-0.2, -0.15) is 0 Å². The largest absolute Gasteiger partial charge is 0.369 e. The Morgan fingerprint density at radius 1 is 1.44 bits per heavy atom. The Balaban J connectivity index is 2.18. The first-order valence-electron chi connectivity index (χ1n) is 5.21. The number of amides is 4. The van der Waals surface area contributed by atoms with E-state index in [1.165, 1.54) is 4.90 Å². The second-order valence-corrected chi connectivity index (χ2v) is 4.98. The first-order chi connectivity index (χ1) is 8.41. The van der Waals surface area contributed by atoms with Crippen molar-refractivity contribution in [3.63, 3.8) is 0 Å². The van der Waals surface area contributed by atoms with Crippen LogP contribution in [-0.2, 0) is 9.59 Å². The van der Waals surface area contributed by atoms with Gasteiger partial charge < -0.3 is 15.5 Å². The molecule has 0 aliphatic carbocycles. The Kier molecular flexibility index (Phi) is 3.16. The number of nitrogens with two attached hydrogens (primary N) is 1. The van der Waals surface area contributed by atoms with Crippen molar-refractivity contribution in [2.45, 2.75) is 12.2 Å². The maximum atomic E-state index is 11.8. The first kappa shape index (κ1) is 12.7. The molecule has 2 aliphatic rings. The zero-order valence-electron chi connectivity index (χ0n) is 9.91. The summed E-state index contributed by atoms with van der Waals surface area (Å²) in [7, 11) is 3.26. The minimum absolute atomic E-state index is 0.0852. The number of amidine groups is 1. The highest BCUT2D eigenvalue weighted by molar-refractivity contribution is 8.14. The molecule has 0 saturated carbocycles. The van der Waals surface area contributed by atoms with Crippen LogP contribution in [0.1, 0.15) is 0 Å². The average Bonchev–Trinajstić information content (AvgIpc) is 2.61. The van der Waals surface area contributed by atoms with Crippen molar-refractivity contribution in [1.29, 1.82) is 0 Å². The van der Waals surface area contributed by atoms with Gasteiger partial charge in [-0.1, -0.05) is 11.8 Å². The predicted molar refractivity (Wildman–Crippen MR) is 65.7 cm³/mol. The second-order valence-electron chi connectivity index (χ2n) is 4.04. The van der Waals surface area contributed by atoms with Crippen LogP contribution >= 0.6 is 11.8 Å². The number of aliphatic imine (C=N–C) groups is 1. The van der Waals surface area contributed by atoms with Gasteiger partial charge in [0.1, 0.15) is 0 Å². The van der Waals surface area contributed by atoms with Crippen molar-refractivity contribution in [3.05, 3.63) is 0 Å². The molecule has 0 aromatic carbocycles. The normalized spacial score (nSPS) is 26.9. The summed E-state index contributed by atoms with van der Waals surface area (Å²) in [6.07, 6.45) is -0.549. The van der Waals surface area contributed by atoms with Crippen molar-refractivity contribution < 1.29 is 14.4 Å². The molecule has 2 heterocycles. The fourth-order valence-corrected chi connectivity index (χ4v) is 2.64.